The van der Waals surface area contributed by atoms with Gasteiger partial charge in [0.15, 0.2) is 11.4 Å². The number of aromatic carboxylic acids is 1. The molecule has 0 unspecified atom stereocenters. The molecule has 0 amide bonds. The minimum atomic E-state index is -4.25. The van der Waals surface area contributed by atoms with Gasteiger partial charge in [0.2, 0.25) is 0 Å². The van der Waals surface area contributed by atoms with E-state index in [0.29, 0.717) is 0 Å². The minimum Gasteiger partial charge on any atom is -0.477 e. The molecule has 2 aromatic heterocycles. The smallest absolute Gasteiger partial charge is 0.388 e. The Hall–Kier alpha value is -2.63. The Balaban J connectivity index is 2.32. The van der Waals surface area contributed by atoms with Crippen molar-refractivity contribution in [1.29, 1.82) is 0 Å². The number of halogens is 2. The predicted octanol–water partition coefficient (Wildman–Crippen LogP) is 1.41. The van der Waals surface area contributed by atoms with Crippen molar-refractivity contribution in [3.8, 4) is 5.88 Å². The normalized spacial score (nSPS) is 11.6. The van der Waals surface area contributed by atoms with Crippen LogP contribution in [-0.4, -0.2) is 36.2 Å². The number of rotatable bonds is 6. The number of carboxylic acids is 1. The maximum Gasteiger partial charge on any atom is 0.388 e. The molecule has 9 nitrogen and oxygen atoms in total. The summed E-state index contributed by atoms with van der Waals surface area (Å²) in [4.78, 5) is 12.5. The second kappa shape index (κ2) is 5.63. The lowest BCUT2D eigenvalue weighted by Crippen LogP contribution is -2.14. The van der Waals surface area contributed by atoms with Crippen LogP contribution >= 0.6 is 0 Å². The number of aromatic amines is 1. The van der Waals surface area contributed by atoms with E-state index in [9.17, 15) is 22.0 Å². The Morgan fingerprint density at radius 1 is 1.55 bits per heavy atom. The van der Waals surface area contributed by atoms with E-state index in [0.717, 1.165) is 12.3 Å². The number of carbonyl (C=O) groups is 1. The molecule has 0 aromatic carbocycles. The molecule has 0 saturated carbocycles. The highest BCUT2D eigenvalue weighted by atomic mass is 32.2. The van der Waals surface area contributed by atoms with Gasteiger partial charge in [-0.05, 0) is 18.1 Å². The van der Waals surface area contributed by atoms with E-state index in [2.05, 4.69) is 19.4 Å². The summed E-state index contributed by atoms with van der Waals surface area (Å²) in [6.45, 7) is -1.94. The van der Waals surface area contributed by atoms with Crippen molar-refractivity contribution in [2.75, 3.05) is 4.72 Å². The van der Waals surface area contributed by atoms with Gasteiger partial charge in [-0.1, -0.05) is 0 Å². The molecule has 12 heteroatoms. The average molecular weight is 337 g/mol. The Labute approximate surface area is 121 Å². The van der Waals surface area contributed by atoms with E-state index in [1.165, 1.54) is 6.92 Å². The first-order chi connectivity index (χ1) is 10.2. The maximum atomic E-state index is 12.2. The number of ether oxygens (including phenoxy) is 1. The summed E-state index contributed by atoms with van der Waals surface area (Å²) in [5.74, 6) is -2.19. The number of hydrogen-bond acceptors (Lipinski definition) is 6. The first-order valence-corrected chi connectivity index (χ1v) is 7.04. The fourth-order valence-corrected chi connectivity index (χ4v) is 2.58. The van der Waals surface area contributed by atoms with Gasteiger partial charge in [-0.3, -0.25) is 4.72 Å². The summed E-state index contributed by atoms with van der Waals surface area (Å²) >= 11 is 0. The van der Waals surface area contributed by atoms with Gasteiger partial charge >= 0.3 is 12.6 Å². The molecule has 0 atom stereocenters. The Morgan fingerprint density at radius 2 is 2.23 bits per heavy atom. The van der Waals surface area contributed by atoms with Crippen LogP contribution in [0.3, 0.4) is 0 Å². The van der Waals surface area contributed by atoms with Crippen LogP contribution in [0.5, 0.6) is 5.88 Å². The molecule has 0 aliphatic carbocycles. The second-order valence-electron chi connectivity index (χ2n) is 3.96. The third-order valence-electron chi connectivity index (χ3n) is 2.47. The first kappa shape index (κ1) is 15.8. The van der Waals surface area contributed by atoms with Crippen LogP contribution < -0.4 is 9.46 Å². The van der Waals surface area contributed by atoms with Crippen LogP contribution in [0.1, 0.15) is 16.2 Å². The molecule has 0 fully saturated rings. The summed E-state index contributed by atoms with van der Waals surface area (Å²) in [5.41, 5.74) is -0.759. The monoisotopic (exact) mass is 337 g/mol. The number of alkyl halides is 2. The molecule has 22 heavy (non-hydrogen) atoms. The molecular formula is C10H9F2N3O6S. The van der Waals surface area contributed by atoms with E-state index in [1.807, 2.05) is 4.72 Å². The predicted molar refractivity (Wildman–Crippen MR) is 66.4 cm³/mol. The molecule has 120 valence electrons. The van der Waals surface area contributed by atoms with Crippen molar-refractivity contribution in [3.05, 3.63) is 23.7 Å². The summed E-state index contributed by atoms with van der Waals surface area (Å²) < 4.78 is 59.2. The van der Waals surface area contributed by atoms with E-state index < -0.39 is 39.1 Å². The molecular weight excluding hydrogens is 328 g/mol. The van der Waals surface area contributed by atoms with Gasteiger partial charge in [0, 0.05) is 6.20 Å². The number of sulfonamides is 1. The van der Waals surface area contributed by atoms with Crippen LogP contribution in [0.15, 0.2) is 21.7 Å². The number of aryl methyl sites for hydroxylation is 1. The number of H-pyrrole nitrogens is 1. The summed E-state index contributed by atoms with van der Waals surface area (Å²) in [7, 11) is -4.25. The summed E-state index contributed by atoms with van der Waals surface area (Å²) in [6.07, 6.45) is 0.933. The lowest BCUT2D eigenvalue weighted by molar-refractivity contribution is -0.0541. The highest BCUT2D eigenvalue weighted by molar-refractivity contribution is 7.92. The highest BCUT2D eigenvalue weighted by Gasteiger charge is 2.25. The van der Waals surface area contributed by atoms with Gasteiger partial charge in [0.25, 0.3) is 15.9 Å². The van der Waals surface area contributed by atoms with Crippen molar-refractivity contribution in [1.82, 2.24) is 10.1 Å². The largest absolute Gasteiger partial charge is 0.477 e. The van der Waals surface area contributed by atoms with Crippen LogP contribution in [0.4, 0.5) is 14.5 Å². The van der Waals surface area contributed by atoms with Crippen molar-refractivity contribution in [2.45, 2.75) is 18.4 Å². The van der Waals surface area contributed by atoms with Crippen LogP contribution in [0.2, 0.25) is 0 Å². The number of nitrogens with one attached hydrogen (secondary N) is 2. The van der Waals surface area contributed by atoms with Crippen molar-refractivity contribution < 1.29 is 36.4 Å². The standard InChI is InChI=1S/C10H9F2N3O6S/c1-4-7(8(14-21-4)20-10(11)12)15-22(18,19)5-2-6(9(16)17)13-3-5/h2-3,10,13,15H,1H3,(H,16,17). The number of anilines is 1. The Kier molecular flexibility index (Phi) is 4.03. The van der Waals surface area contributed by atoms with Gasteiger partial charge in [-0.2, -0.15) is 8.78 Å². The van der Waals surface area contributed by atoms with Gasteiger partial charge in [-0.15, -0.1) is 0 Å². The number of hydrogen-bond donors (Lipinski definition) is 3. The third kappa shape index (κ3) is 3.16. The van der Waals surface area contributed by atoms with E-state index in [1.54, 1.807) is 0 Å². The molecule has 0 spiro atoms. The van der Waals surface area contributed by atoms with Gasteiger partial charge in [0.1, 0.15) is 10.6 Å². The molecule has 0 aliphatic heterocycles. The quantitative estimate of drug-likeness (QED) is 0.725. The molecule has 2 heterocycles. The number of aromatic nitrogens is 2. The average Bonchev–Trinajstić information content (AvgIpc) is 3.00. The molecule has 2 aromatic rings. The zero-order valence-electron chi connectivity index (χ0n) is 10.8. The topological polar surface area (TPSA) is 135 Å². The van der Waals surface area contributed by atoms with Crippen LogP contribution in [-0.2, 0) is 10.0 Å². The second-order valence-corrected chi connectivity index (χ2v) is 5.64. The third-order valence-corrected chi connectivity index (χ3v) is 3.79. The lowest BCUT2D eigenvalue weighted by Gasteiger charge is -2.07. The molecule has 0 radical (unpaired) electrons. The van der Waals surface area contributed by atoms with Crippen molar-refractivity contribution in [3.63, 3.8) is 0 Å². The fraction of sp³-hybridized carbons (Fsp3) is 0.200. The van der Waals surface area contributed by atoms with Crippen LogP contribution in [0, 0.1) is 6.92 Å². The molecule has 0 aliphatic rings. The fourth-order valence-electron chi connectivity index (χ4n) is 1.48. The van der Waals surface area contributed by atoms with Crippen molar-refractivity contribution in [2.24, 2.45) is 0 Å². The minimum absolute atomic E-state index is 0.104. The van der Waals surface area contributed by atoms with Crippen LogP contribution in [0.25, 0.3) is 0 Å². The number of nitrogens with zero attached hydrogens (tertiary/aromatic N) is 1. The van der Waals surface area contributed by atoms with Crippen molar-refractivity contribution >= 4 is 21.7 Å². The van der Waals surface area contributed by atoms with Gasteiger partial charge < -0.3 is 19.4 Å². The SMILES string of the molecule is Cc1onc(OC(F)F)c1NS(=O)(=O)c1c[nH]c(C(=O)O)c1. The summed E-state index contributed by atoms with van der Waals surface area (Å²) in [5, 5.41) is 11.9. The van der Waals surface area contributed by atoms with E-state index in [-0.39, 0.29) is 11.5 Å². The molecule has 0 saturated heterocycles. The molecule has 3 N–H and O–H groups in total. The summed E-state index contributed by atoms with van der Waals surface area (Å²) in [6, 6.07) is 0.862. The van der Waals surface area contributed by atoms with E-state index in [4.69, 9.17) is 5.11 Å². The Bertz CT molecular complexity index is 797. The van der Waals surface area contributed by atoms with E-state index >= 15 is 0 Å². The molecule has 2 rings (SSSR count). The zero-order chi connectivity index (χ0) is 16.5. The van der Waals surface area contributed by atoms with Gasteiger partial charge in [-0.25, -0.2) is 13.2 Å². The highest BCUT2D eigenvalue weighted by Crippen LogP contribution is 2.30. The van der Waals surface area contributed by atoms with Gasteiger partial charge in [0.05, 0.1) is 0 Å². The Morgan fingerprint density at radius 3 is 2.77 bits per heavy atom. The number of carboxylic acid groups (broad SMARTS) is 1. The maximum absolute atomic E-state index is 12.2. The lowest BCUT2D eigenvalue weighted by atomic mass is 10.4. The molecule has 0 bridgehead atoms. The zero-order valence-corrected chi connectivity index (χ0v) is 11.6. The first-order valence-electron chi connectivity index (χ1n) is 5.56.